The van der Waals surface area contributed by atoms with Crippen LogP contribution in [0.3, 0.4) is 0 Å². The van der Waals surface area contributed by atoms with Gasteiger partial charge in [0.05, 0.1) is 11.7 Å². The largest absolute Gasteiger partial charge is 0.424 e. The molecule has 1 N–H and O–H groups in total. The van der Waals surface area contributed by atoms with Crippen molar-refractivity contribution in [1.82, 2.24) is 9.97 Å². The lowest BCUT2D eigenvalue weighted by molar-refractivity contribution is 0.606. The van der Waals surface area contributed by atoms with Crippen LogP contribution < -0.4 is 5.32 Å². The van der Waals surface area contributed by atoms with Crippen LogP contribution in [0.15, 0.2) is 83.4 Å². The molecule has 112 valence electrons. The Morgan fingerprint density at radius 2 is 1.61 bits per heavy atom. The fourth-order valence-corrected chi connectivity index (χ4v) is 2.58. The third-order valence-electron chi connectivity index (χ3n) is 3.68. The molecule has 4 aromatic rings. The van der Waals surface area contributed by atoms with Crippen LogP contribution >= 0.6 is 0 Å². The number of anilines is 1. The number of nitrogens with zero attached hydrogens (tertiary/aromatic N) is 2. The Labute approximate surface area is 133 Å². The first-order valence-corrected chi connectivity index (χ1v) is 7.48. The van der Waals surface area contributed by atoms with E-state index in [0.29, 0.717) is 6.01 Å². The van der Waals surface area contributed by atoms with Gasteiger partial charge in [0.1, 0.15) is 5.52 Å². The number of rotatable bonds is 4. The molecule has 1 atom stereocenters. The van der Waals surface area contributed by atoms with Crippen molar-refractivity contribution < 1.29 is 4.42 Å². The smallest absolute Gasteiger partial charge is 0.296 e. The molecule has 0 amide bonds. The summed E-state index contributed by atoms with van der Waals surface area (Å²) in [4.78, 5) is 8.97. The number of nitrogens with one attached hydrogen (secondary N) is 1. The van der Waals surface area contributed by atoms with E-state index in [1.165, 1.54) is 0 Å². The lowest BCUT2D eigenvalue weighted by Gasteiger charge is -2.17. The molecule has 4 nitrogen and oxygen atoms in total. The number of aromatic nitrogens is 2. The Balaban J connectivity index is 1.73. The van der Waals surface area contributed by atoms with E-state index < -0.39 is 0 Å². The van der Waals surface area contributed by atoms with Crippen molar-refractivity contribution in [2.24, 2.45) is 0 Å². The Morgan fingerprint density at radius 1 is 0.826 bits per heavy atom. The van der Waals surface area contributed by atoms with Gasteiger partial charge in [-0.3, -0.25) is 4.98 Å². The molecule has 0 spiro atoms. The minimum absolute atomic E-state index is 0.120. The summed E-state index contributed by atoms with van der Waals surface area (Å²) in [5.41, 5.74) is 3.63. The quantitative estimate of drug-likeness (QED) is 0.606. The van der Waals surface area contributed by atoms with Gasteiger partial charge in [0.15, 0.2) is 5.58 Å². The summed E-state index contributed by atoms with van der Waals surface area (Å²) in [7, 11) is 0. The molecule has 2 aromatic carbocycles. The molecule has 0 aliphatic carbocycles. The van der Waals surface area contributed by atoms with Crippen molar-refractivity contribution in [2.75, 3.05) is 5.32 Å². The monoisotopic (exact) mass is 301 g/mol. The van der Waals surface area contributed by atoms with E-state index in [1.54, 1.807) is 6.20 Å². The van der Waals surface area contributed by atoms with Crippen molar-refractivity contribution in [1.29, 1.82) is 0 Å². The van der Waals surface area contributed by atoms with E-state index in [0.717, 1.165) is 22.4 Å². The topological polar surface area (TPSA) is 51.0 Å². The second kappa shape index (κ2) is 5.93. The standard InChI is InChI=1S/C19H15N3O/c1-2-8-14(9-3-1)18(16-11-6-7-13-20-16)22-19-21-15-10-4-5-12-17(15)23-19/h1-13,18H,(H,21,22)/t18-/m1/s1. The molecular weight excluding hydrogens is 286 g/mol. The van der Waals surface area contributed by atoms with Gasteiger partial charge < -0.3 is 9.73 Å². The number of hydrogen-bond acceptors (Lipinski definition) is 4. The highest BCUT2D eigenvalue weighted by Gasteiger charge is 2.17. The normalized spacial score (nSPS) is 12.2. The maximum atomic E-state index is 5.79. The highest BCUT2D eigenvalue weighted by molar-refractivity contribution is 5.74. The summed E-state index contributed by atoms with van der Waals surface area (Å²) in [5.74, 6) is 0. The van der Waals surface area contributed by atoms with Gasteiger partial charge in [-0.05, 0) is 29.8 Å². The van der Waals surface area contributed by atoms with Crippen molar-refractivity contribution in [3.05, 3.63) is 90.3 Å². The number of fused-ring (bicyclic) bond motifs is 1. The maximum Gasteiger partial charge on any atom is 0.296 e. The van der Waals surface area contributed by atoms with Crippen LogP contribution in [0.2, 0.25) is 0 Å². The van der Waals surface area contributed by atoms with E-state index in [9.17, 15) is 0 Å². The third-order valence-corrected chi connectivity index (χ3v) is 3.68. The molecule has 0 fully saturated rings. The summed E-state index contributed by atoms with van der Waals surface area (Å²) < 4.78 is 5.79. The van der Waals surface area contributed by atoms with Gasteiger partial charge >= 0.3 is 0 Å². The van der Waals surface area contributed by atoms with Gasteiger partial charge in [-0.25, -0.2) is 0 Å². The Hall–Kier alpha value is -3.14. The second-order valence-corrected chi connectivity index (χ2v) is 5.23. The Bertz CT molecular complexity index is 831. The molecule has 0 bridgehead atoms. The van der Waals surface area contributed by atoms with Crippen molar-refractivity contribution in [3.8, 4) is 0 Å². The molecule has 0 aliphatic rings. The van der Waals surface area contributed by atoms with Crippen LogP contribution in [0.4, 0.5) is 6.01 Å². The number of para-hydroxylation sites is 2. The molecule has 2 aromatic heterocycles. The number of hydrogen-bond donors (Lipinski definition) is 1. The zero-order valence-corrected chi connectivity index (χ0v) is 12.4. The summed E-state index contributed by atoms with van der Waals surface area (Å²) in [5, 5.41) is 3.36. The lowest BCUT2D eigenvalue weighted by Crippen LogP contribution is -2.13. The first-order valence-electron chi connectivity index (χ1n) is 7.48. The number of benzene rings is 2. The third kappa shape index (κ3) is 2.79. The van der Waals surface area contributed by atoms with Gasteiger partial charge in [-0.15, -0.1) is 0 Å². The van der Waals surface area contributed by atoms with Gasteiger partial charge in [0.25, 0.3) is 6.01 Å². The van der Waals surface area contributed by atoms with E-state index in [4.69, 9.17) is 4.42 Å². The van der Waals surface area contributed by atoms with E-state index in [1.807, 2.05) is 60.7 Å². The average Bonchev–Trinajstić information content (AvgIpc) is 3.04. The zero-order chi connectivity index (χ0) is 15.5. The highest BCUT2D eigenvalue weighted by atomic mass is 16.4. The van der Waals surface area contributed by atoms with Gasteiger partial charge in [-0.2, -0.15) is 4.98 Å². The molecule has 0 saturated heterocycles. The first kappa shape index (κ1) is 13.5. The number of pyridine rings is 1. The fourth-order valence-electron chi connectivity index (χ4n) is 2.58. The van der Waals surface area contributed by atoms with Crippen molar-refractivity contribution >= 4 is 17.1 Å². The molecule has 0 aliphatic heterocycles. The van der Waals surface area contributed by atoms with E-state index in [-0.39, 0.29) is 6.04 Å². The van der Waals surface area contributed by atoms with Crippen LogP contribution in [0, 0.1) is 0 Å². The molecule has 23 heavy (non-hydrogen) atoms. The number of oxazole rings is 1. The minimum atomic E-state index is -0.120. The molecule has 4 rings (SSSR count). The van der Waals surface area contributed by atoms with Crippen molar-refractivity contribution in [2.45, 2.75) is 6.04 Å². The van der Waals surface area contributed by atoms with Crippen LogP contribution in [0.1, 0.15) is 17.3 Å². The lowest BCUT2D eigenvalue weighted by atomic mass is 10.0. The van der Waals surface area contributed by atoms with Crippen LogP contribution in [0.5, 0.6) is 0 Å². The van der Waals surface area contributed by atoms with Crippen LogP contribution in [0.25, 0.3) is 11.1 Å². The summed E-state index contributed by atoms with van der Waals surface area (Å²) in [6, 6.07) is 24.1. The predicted octanol–water partition coefficient (Wildman–Crippen LogP) is 4.42. The molecule has 4 heteroatoms. The molecule has 0 unspecified atom stereocenters. The van der Waals surface area contributed by atoms with E-state index >= 15 is 0 Å². The molecule has 0 saturated carbocycles. The van der Waals surface area contributed by atoms with E-state index in [2.05, 4.69) is 27.4 Å². The maximum absolute atomic E-state index is 5.79. The Kier molecular flexibility index (Phi) is 3.48. The summed E-state index contributed by atoms with van der Waals surface area (Å²) in [6.07, 6.45) is 1.79. The van der Waals surface area contributed by atoms with Gasteiger partial charge in [-0.1, -0.05) is 48.5 Å². The SMILES string of the molecule is c1ccc([C@@H](Nc2nc3ccccc3o2)c2ccccn2)cc1. The van der Waals surface area contributed by atoms with Gasteiger partial charge in [0, 0.05) is 6.20 Å². The first-order chi connectivity index (χ1) is 11.4. The molecule has 2 heterocycles. The summed E-state index contributed by atoms with van der Waals surface area (Å²) in [6.45, 7) is 0. The highest BCUT2D eigenvalue weighted by Crippen LogP contribution is 2.27. The predicted molar refractivity (Wildman–Crippen MR) is 90.2 cm³/mol. The molecule has 0 radical (unpaired) electrons. The van der Waals surface area contributed by atoms with Crippen molar-refractivity contribution in [3.63, 3.8) is 0 Å². The minimum Gasteiger partial charge on any atom is -0.424 e. The average molecular weight is 301 g/mol. The summed E-state index contributed by atoms with van der Waals surface area (Å²) >= 11 is 0. The molecular formula is C19H15N3O. The van der Waals surface area contributed by atoms with Crippen LogP contribution in [-0.4, -0.2) is 9.97 Å². The fraction of sp³-hybridized carbons (Fsp3) is 0.0526. The van der Waals surface area contributed by atoms with Gasteiger partial charge in [0.2, 0.25) is 0 Å². The zero-order valence-electron chi connectivity index (χ0n) is 12.4. The second-order valence-electron chi connectivity index (χ2n) is 5.23. The Morgan fingerprint density at radius 3 is 2.39 bits per heavy atom. The van der Waals surface area contributed by atoms with Crippen LogP contribution in [-0.2, 0) is 0 Å².